The van der Waals surface area contributed by atoms with Crippen LogP contribution < -0.4 is 0 Å². The van der Waals surface area contributed by atoms with Gasteiger partial charge in [-0.15, -0.1) is 0 Å². The van der Waals surface area contributed by atoms with Crippen LogP contribution in [0.3, 0.4) is 0 Å². The zero-order chi connectivity index (χ0) is 6.69. The molecule has 1 atom stereocenters. The van der Waals surface area contributed by atoms with Crippen LogP contribution >= 0.6 is 23.0 Å². The van der Waals surface area contributed by atoms with E-state index in [1.807, 2.05) is 23.0 Å². The highest BCUT2D eigenvalue weighted by Gasteiger charge is 2.10. The summed E-state index contributed by atoms with van der Waals surface area (Å²) < 4.78 is 5.16. The van der Waals surface area contributed by atoms with Crippen molar-refractivity contribution in [2.75, 3.05) is 0 Å². The van der Waals surface area contributed by atoms with Gasteiger partial charge in [0.05, 0.1) is 6.10 Å². The molecule has 1 nitrogen and oxygen atoms in total. The van der Waals surface area contributed by atoms with E-state index >= 15 is 0 Å². The maximum Gasteiger partial charge on any atom is 0.110 e. The van der Waals surface area contributed by atoms with Gasteiger partial charge in [0.1, 0.15) is 23.0 Å². The molecule has 1 unspecified atom stereocenters. The van der Waals surface area contributed by atoms with Crippen molar-refractivity contribution < 1.29 is 3.07 Å². The van der Waals surface area contributed by atoms with Crippen molar-refractivity contribution in [3.63, 3.8) is 0 Å². The lowest BCUT2D eigenvalue weighted by Crippen LogP contribution is -2.09. The third-order valence-electron chi connectivity index (χ3n) is 1.72. The van der Waals surface area contributed by atoms with E-state index in [1.54, 1.807) is 0 Å². The second-order valence-electron chi connectivity index (χ2n) is 2.54. The summed E-state index contributed by atoms with van der Waals surface area (Å²) in [5.74, 6) is 0. The summed E-state index contributed by atoms with van der Waals surface area (Å²) in [5.41, 5.74) is 1.51. The predicted octanol–water partition coefficient (Wildman–Crippen LogP) is 2.85. The molecule has 52 valence electrons. The molecular formula is C7H11IO. The van der Waals surface area contributed by atoms with Crippen molar-refractivity contribution in [3.8, 4) is 0 Å². The summed E-state index contributed by atoms with van der Waals surface area (Å²) in [6.45, 7) is 2.18. The summed E-state index contributed by atoms with van der Waals surface area (Å²) in [6.07, 6.45) is 6.27. The van der Waals surface area contributed by atoms with Crippen molar-refractivity contribution >= 4 is 23.0 Å². The Bertz CT molecular complexity index is 120. The van der Waals surface area contributed by atoms with Gasteiger partial charge in [0.15, 0.2) is 0 Å². The normalized spacial score (nSPS) is 27.8. The van der Waals surface area contributed by atoms with E-state index < -0.39 is 0 Å². The number of allylic oxidation sites excluding steroid dienone is 1. The minimum absolute atomic E-state index is 0.481. The fourth-order valence-electron chi connectivity index (χ4n) is 1.02. The highest BCUT2D eigenvalue weighted by Crippen LogP contribution is 2.21. The Morgan fingerprint density at radius 2 is 2.56 bits per heavy atom. The van der Waals surface area contributed by atoms with E-state index in [-0.39, 0.29) is 0 Å². The number of hydrogen-bond donors (Lipinski definition) is 0. The Balaban J connectivity index is 2.36. The van der Waals surface area contributed by atoms with Gasteiger partial charge in [-0.25, -0.2) is 0 Å². The van der Waals surface area contributed by atoms with Gasteiger partial charge in [-0.1, -0.05) is 11.6 Å². The Kier molecular flexibility index (Phi) is 2.98. The number of hydrogen-bond acceptors (Lipinski definition) is 1. The van der Waals surface area contributed by atoms with Gasteiger partial charge >= 0.3 is 0 Å². The summed E-state index contributed by atoms with van der Waals surface area (Å²) >= 11 is 1.98. The summed E-state index contributed by atoms with van der Waals surface area (Å²) in [4.78, 5) is 0. The molecule has 0 aromatic carbocycles. The fraction of sp³-hybridized carbons (Fsp3) is 0.714. The molecule has 0 amide bonds. The molecule has 0 heterocycles. The van der Waals surface area contributed by atoms with E-state index in [4.69, 9.17) is 3.07 Å². The van der Waals surface area contributed by atoms with E-state index in [0.29, 0.717) is 6.10 Å². The molecule has 0 N–H and O–H groups in total. The van der Waals surface area contributed by atoms with Crippen LogP contribution in [0.1, 0.15) is 26.2 Å². The van der Waals surface area contributed by atoms with Gasteiger partial charge in [-0.2, -0.15) is 0 Å². The maximum atomic E-state index is 5.16. The second-order valence-corrected chi connectivity index (χ2v) is 3.04. The minimum Gasteiger partial charge on any atom is -0.312 e. The van der Waals surface area contributed by atoms with Crippen LogP contribution in [-0.4, -0.2) is 6.10 Å². The topological polar surface area (TPSA) is 9.23 Å². The van der Waals surface area contributed by atoms with Gasteiger partial charge in [0, 0.05) is 0 Å². The van der Waals surface area contributed by atoms with Gasteiger partial charge in [0.2, 0.25) is 0 Å². The molecule has 0 aromatic rings. The van der Waals surface area contributed by atoms with Crippen molar-refractivity contribution in [3.05, 3.63) is 11.6 Å². The largest absolute Gasteiger partial charge is 0.312 e. The van der Waals surface area contributed by atoms with Gasteiger partial charge in [-0.3, -0.25) is 0 Å². The van der Waals surface area contributed by atoms with E-state index in [1.165, 1.54) is 18.4 Å². The molecule has 9 heavy (non-hydrogen) atoms. The van der Waals surface area contributed by atoms with E-state index in [9.17, 15) is 0 Å². The third-order valence-corrected chi connectivity index (χ3v) is 2.44. The van der Waals surface area contributed by atoms with Gasteiger partial charge in [0.25, 0.3) is 0 Å². The highest BCUT2D eigenvalue weighted by molar-refractivity contribution is 14.1. The highest BCUT2D eigenvalue weighted by atomic mass is 127. The van der Waals surface area contributed by atoms with E-state index in [2.05, 4.69) is 13.0 Å². The molecule has 0 saturated carbocycles. The third kappa shape index (κ3) is 2.26. The molecule has 0 radical (unpaired) electrons. The molecular weight excluding hydrogens is 227 g/mol. The SMILES string of the molecule is CC1=CCC(OI)CC1. The Morgan fingerprint density at radius 3 is 3.00 bits per heavy atom. The zero-order valence-corrected chi connectivity index (χ0v) is 7.72. The summed E-state index contributed by atoms with van der Waals surface area (Å²) in [5, 5.41) is 0. The summed E-state index contributed by atoms with van der Waals surface area (Å²) in [7, 11) is 0. The smallest absolute Gasteiger partial charge is 0.110 e. The molecule has 0 spiro atoms. The molecule has 0 fully saturated rings. The monoisotopic (exact) mass is 238 g/mol. The maximum absolute atomic E-state index is 5.16. The Labute approximate surface area is 70.2 Å². The first kappa shape index (κ1) is 7.54. The molecule has 1 aliphatic carbocycles. The first-order chi connectivity index (χ1) is 4.33. The lowest BCUT2D eigenvalue weighted by molar-refractivity contribution is 0.263. The van der Waals surface area contributed by atoms with Crippen LogP contribution in [0, 0.1) is 0 Å². The second kappa shape index (κ2) is 3.56. The van der Waals surface area contributed by atoms with Gasteiger partial charge < -0.3 is 3.07 Å². The van der Waals surface area contributed by atoms with Crippen molar-refractivity contribution in [2.45, 2.75) is 32.3 Å². The van der Waals surface area contributed by atoms with Crippen LogP contribution in [0.15, 0.2) is 11.6 Å². The van der Waals surface area contributed by atoms with Crippen LogP contribution in [-0.2, 0) is 3.07 Å². The molecule has 0 bridgehead atoms. The molecule has 0 saturated heterocycles. The van der Waals surface area contributed by atoms with Crippen LogP contribution in [0.25, 0.3) is 0 Å². The zero-order valence-electron chi connectivity index (χ0n) is 5.56. The van der Waals surface area contributed by atoms with E-state index in [0.717, 1.165) is 6.42 Å². The molecule has 2 heteroatoms. The van der Waals surface area contributed by atoms with Crippen LogP contribution in [0.4, 0.5) is 0 Å². The quantitative estimate of drug-likeness (QED) is 0.504. The molecule has 0 aromatic heterocycles. The first-order valence-corrected chi connectivity index (χ1v) is 4.14. The van der Waals surface area contributed by atoms with Crippen molar-refractivity contribution in [2.24, 2.45) is 0 Å². The molecule has 0 aliphatic heterocycles. The van der Waals surface area contributed by atoms with Crippen molar-refractivity contribution in [1.82, 2.24) is 0 Å². The number of rotatable bonds is 1. The minimum atomic E-state index is 0.481. The Morgan fingerprint density at radius 1 is 1.78 bits per heavy atom. The molecule has 1 rings (SSSR count). The lowest BCUT2D eigenvalue weighted by atomic mass is 9.99. The van der Waals surface area contributed by atoms with Crippen LogP contribution in [0.5, 0.6) is 0 Å². The summed E-state index contributed by atoms with van der Waals surface area (Å²) in [6, 6.07) is 0. The average molecular weight is 238 g/mol. The number of halogens is 1. The standard InChI is InChI=1S/C7H11IO/c1-6-2-4-7(9-8)5-3-6/h2,7H,3-5H2,1H3. The fourth-order valence-corrected chi connectivity index (χ4v) is 1.48. The van der Waals surface area contributed by atoms with Crippen molar-refractivity contribution in [1.29, 1.82) is 0 Å². The Hall–Kier alpha value is 0.430. The predicted molar refractivity (Wildman–Crippen MR) is 46.5 cm³/mol. The molecule has 1 aliphatic rings. The first-order valence-electron chi connectivity index (χ1n) is 3.26. The lowest BCUT2D eigenvalue weighted by Gasteiger charge is -2.16. The van der Waals surface area contributed by atoms with Gasteiger partial charge in [-0.05, 0) is 26.2 Å². The average Bonchev–Trinajstić information content (AvgIpc) is 1.90. The van der Waals surface area contributed by atoms with Crippen LogP contribution in [0.2, 0.25) is 0 Å².